The van der Waals surface area contributed by atoms with Gasteiger partial charge in [0.2, 0.25) is 0 Å². The van der Waals surface area contributed by atoms with Gasteiger partial charge in [-0.3, -0.25) is 9.36 Å². The van der Waals surface area contributed by atoms with Crippen molar-refractivity contribution in [3.05, 3.63) is 58.6 Å². The zero-order chi connectivity index (χ0) is 24.9. The number of amides is 1. The van der Waals surface area contributed by atoms with Crippen LogP contribution in [0.15, 0.2) is 47.4 Å². The normalized spacial score (nSPS) is 28.4. The molecule has 2 fully saturated rings. The van der Waals surface area contributed by atoms with E-state index in [0.29, 0.717) is 5.56 Å². The summed E-state index contributed by atoms with van der Waals surface area (Å²) in [5.41, 5.74) is -1.08. The molecule has 2 aliphatic rings. The Balaban J connectivity index is 1.59. The fraction of sp³-hybridized carbons (Fsp3) is 0.542. The van der Waals surface area contributed by atoms with Crippen molar-refractivity contribution >= 4 is 20.0 Å². The minimum Gasteiger partial charge on any atom is -0.408 e. The van der Waals surface area contributed by atoms with Gasteiger partial charge < -0.3 is 19.2 Å². The molecule has 4 rings (SSSR count). The summed E-state index contributed by atoms with van der Waals surface area (Å²) in [4.78, 5) is 29.4. The Labute approximate surface area is 196 Å². The van der Waals surface area contributed by atoms with Gasteiger partial charge in [-0.05, 0) is 42.7 Å². The van der Waals surface area contributed by atoms with Crippen LogP contribution in [0, 0.1) is 0 Å². The van der Waals surface area contributed by atoms with E-state index in [4.69, 9.17) is 15.3 Å². The summed E-state index contributed by atoms with van der Waals surface area (Å²) in [6, 6.07) is 10.3. The molecular weight excluding hydrogens is 438 g/mol. The van der Waals surface area contributed by atoms with Crippen LogP contribution in [0.3, 0.4) is 0 Å². The number of benzene rings is 1. The average molecular weight is 473 g/mol. The number of carbonyl (C=O) groups is 1. The quantitative estimate of drug-likeness (QED) is 0.640. The molecule has 5 atom stereocenters. The number of aromatic nitrogens is 2. The first-order valence-electron chi connectivity index (χ1n) is 11.8. The van der Waals surface area contributed by atoms with E-state index in [0.717, 1.165) is 0 Å². The van der Waals surface area contributed by atoms with Gasteiger partial charge in [-0.1, -0.05) is 45.9 Å². The number of hydrogen-bond donors (Lipinski definition) is 1. The van der Waals surface area contributed by atoms with Crippen molar-refractivity contribution in [1.82, 2.24) is 9.55 Å². The molecule has 1 aromatic carbocycles. The molecule has 33 heavy (non-hydrogen) atoms. The number of nitrogens with one attached hydrogen (secondary N) is 1. The minimum absolute atomic E-state index is 0.0337. The summed E-state index contributed by atoms with van der Waals surface area (Å²) >= 11 is 0. The monoisotopic (exact) mass is 472 g/mol. The van der Waals surface area contributed by atoms with Crippen molar-refractivity contribution in [3.8, 4) is 0 Å². The van der Waals surface area contributed by atoms with Crippen LogP contribution < -0.4 is 11.0 Å². The van der Waals surface area contributed by atoms with Crippen molar-refractivity contribution in [1.29, 1.82) is 0 Å². The Morgan fingerprint density at radius 3 is 2.64 bits per heavy atom. The van der Waals surface area contributed by atoms with Gasteiger partial charge in [-0.2, -0.15) is 4.98 Å². The fourth-order valence-electron chi connectivity index (χ4n) is 3.94. The Kier molecular flexibility index (Phi) is 5.76. The van der Waals surface area contributed by atoms with Crippen LogP contribution in [0.1, 0.15) is 52.0 Å². The number of fused-ring (bicyclic) bond motifs is 2. The molecule has 9 heteroatoms. The molecule has 2 aliphatic heterocycles. The van der Waals surface area contributed by atoms with Gasteiger partial charge in [0.25, 0.3) is 5.91 Å². The Morgan fingerprint density at radius 2 is 2.03 bits per heavy atom. The van der Waals surface area contributed by atoms with Crippen LogP contribution in [0.5, 0.6) is 0 Å². The van der Waals surface area contributed by atoms with Crippen LogP contribution in [-0.2, 0) is 13.9 Å². The maximum atomic E-state index is 12.9. The minimum atomic E-state index is -2.20. The molecular formula is C24H33N3O5Si. The van der Waals surface area contributed by atoms with Gasteiger partial charge >= 0.3 is 5.69 Å². The number of hydrogen-bond acceptors (Lipinski definition) is 6. The molecule has 2 bridgehead atoms. The van der Waals surface area contributed by atoms with E-state index in [1.54, 1.807) is 37.3 Å². The molecule has 1 N–H and O–H groups in total. The van der Waals surface area contributed by atoms with Gasteiger partial charge in [0.1, 0.15) is 23.6 Å². The molecule has 178 valence electrons. The lowest BCUT2D eigenvalue weighted by atomic mass is 9.96. The number of anilines is 1. The second-order valence-corrected chi connectivity index (χ2v) is 14.9. The molecule has 1 amide bonds. The molecule has 0 radical (unpaired) electrons. The number of carbonyl (C=O) groups excluding carboxylic acids is 1. The van der Waals surface area contributed by atoms with Crippen molar-refractivity contribution in [2.75, 3.05) is 11.9 Å². The molecule has 0 spiro atoms. The predicted octanol–water partition coefficient (Wildman–Crippen LogP) is 3.96. The van der Waals surface area contributed by atoms with E-state index in [9.17, 15) is 9.59 Å². The number of nitrogens with zero attached hydrogens (tertiary/aromatic N) is 2. The van der Waals surface area contributed by atoms with Crippen LogP contribution in [0.2, 0.25) is 18.1 Å². The molecule has 0 unspecified atom stereocenters. The van der Waals surface area contributed by atoms with E-state index >= 15 is 0 Å². The molecule has 1 aromatic heterocycles. The van der Waals surface area contributed by atoms with Crippen molar-refractivity contribution < 1.29 is 20.1 Å². The van der Waals surface area contributed by atoms with E-state index in [1.165, 1.54) is 10.8 Å². The highest BCUT2D eigenvalue weighted by Crippen LogP contribution is 2.50. The Bertz CT molecular complexity index is 1120. The fourth-order valence-corrected chi connectivity index (χ4v) is 5.27. The molecule has 0 saturated carbocycles. The average Bonchev–Trinajstić information content (AvgIpc) is 3.26. The van der Waals surface area contributed by atoms with Gasteiger partial charge in [-0.25, -0.2) is 4.79 Å². The third kappa shape index (κ3) is 4.30. The standard InChI is InChI=1S/C24H33N3O5Si/c1-7-24-15-30-18(19(24)32-33(5,6)23(2,3)4)21(31-24)27-14-13-17(26-22(27)29)25-20(28)16-11-9-8-10-12-16/h8-14,18-19,21H,7,15H2,1-6H3,(H,25,26,28,29)/t18-,19+,21+,24+/m0/s1/i7D/t7-,18+,19-,21-,24-/m1. The lowest BCUT2D eigenvalue weighted by Gasteiger charge is -2.40. The molecule has 8 nitrogen and oxygen atoms in total. The van der Waals surface area contributed by atoms with Gasteiger partial charge in [-0.15, -0.1) is 0 Å². The summed E-state index contributed by atoms with van der Waals surface area (Å²) in [7, 11) is -2.20. The second-order valence-electron chi connectivity index (χ2n) is 10.1. The SMILES string of the molecule is [2H][C@H](C)[C@]12CO[C@H]([C@H](n3ccc(NC(=O)c4ccccc4)nc3=O)O1)[C@H]2O[Si](C)(C)C(C)(C)C. The predicted molar refractivity (Wildman–Crippen MR) is 128 cm³/mol. The Morgan fingerprint density at radius 1 is 1.33 bits per heavy atom. The summed E-state index contributed by atoms with van der Waals surface area (Å²) < 4.78 is 29.0. The van der Waals surface area contributed by atoms with Crippen LogP contribution in [0.4, 0.5) is 5.82 Å². The summed E-state index contributed by atoms with van der Waals surface area (Å²) in [5.74, 6) is -0.202. The van der Waals surface area contributed by atoms with Crippen molar-refractivity contribution in [2.24, 2.45) is 0 Å². The van der Waals surface area contributed by atoms with Gasteiger partial charge in [0, 0.05) is 13.1 Å². The van der Waals surface area contributed by atoms with Crippen molar-refractivity contribution in [3.63, 3.8) is 0 Å². The van der Waals surface area contributed by atoms with Crippen LogP contribution in [0.25, 0.3) is 0 Å². The summed E-state index contributed by atoms with van der Waals surface area (Å²) in [5, 5.41) is 2.61. The third-order valence-corrected chi connectivity index (χ3v) is 11.5. The zero-order valence-electron chi connectivity index (χ0n) is 21.0. The largest absolute Gasteiger partial charge is 0.408 e. The van der Waals surface area contributed by atoms with Gasteiger partial charge in [0.15, 0.2) is 14.5 Å². The van der Waals surface area contributed by atoms with E-state index < -0.39 is 44.4 Å². The summed E-state index contributed by atoms with van der Waals surface area (Å²) in [6.45, 7) is 12.8. The third-order valence-electron chi connectivity index (χ3n) is 7.00. The highest BCUT2D eigenvalue weighted by atomic mass is 28.4. The molecule has 2 saturated heterocycles. The second kappa shape index (κ2) is 8.46. The maximum absolute atomic E-state index is 12.9. The first-order valence-corrected chi connectivity index (χ1v) is 14.1. The zero-order valence-corrected chi connectivity index (χ0v) is 21.0. The van der Waals surface area contributed by atoms with Crippen LogP contribution >= 0.6 is 0 Å². The van der Waals surface area contributed by atoms with E-state index in [-0.39, 0.29) is 23.4 Å². The number of ether oxygens (including phenoxy) is 2. The topological polar surface area (TPSA) is 91.7 Å². The van der Waals surface area contributed by atoms with E-state index in [1.807, 2.05) is 6.07 Å². The van der Waals surface area contributed by atoms with Crippen molar-refractivity contribution in [2.45, 2.75) is 76.3 Å². The molecule has 0 aliphatic carbocycles. The first kappa shape index (κ1) is 22.5. The highest BCUT2D eigenvalue weighted by Gasteiger charge is 2.63. The van der Waals surface area contributed by atoms with E-state index in [2.05, 4.69) is 44.2 Å². The molecule has 3 heterocycles. The lowest BCUT2D eigenvalue weighted by Crippen LogP contribution is -2.51. The highest BCUT2D eigenvalue weighted by molar-refractivity contribution is 6.74. The lowest BCUT2D eigenvalue weighted by molar-refractivity contribution is -0.175. The number of rotatable bonds is 6. The molecule has 2 aromatic rings. The van der Waals surface area contributed by atoms with Crippen LogP contribution in [-0.4, -0.2) is 48.2 Å². The smallest absolute Gasteiger partial charge is 0.351 e. The Hall–Kier alpha value is -2.33. The maximum Gasteiger partial charge on any atom is 0.351 e. The first-order chi connectivity index (χ1) is 15.9. The summed E-state index contributed by atoms with van der Waals surface area (Å²) in [6.07, 6.45) is -0.849. The van der Waals surface area contributed by atoms with Gasteiger partial charge in [0.05, 0.1) is 6.61 Å².